The fraction of sp³-hybridized carbons (Fsp3) is 0.333. The highest BCUT2D eigenvalue weighted by atomic mass is 32.2. The standard InChI is InChI=1S/C18H20N4OS/c1-21-11-8-13(9-12-21)20-18(23)22-14-5-2-3-6-15(14)24-16-7-4-10-19-17(16)22/h2-7,10,13H,8-9,11-12H2,1H3,(H,20,23). The molecule has 4 rings (SSSR count). The van der Waals surface area contributed by atoms with E-state index in [1.54, 1.807) is 22.9 Å². The molecular weight excluding hydrogens is 320 g/mol. The fourth-order valence-corrected chi connectivity index (χ4v) is 4.22. The number of fused-ring (bicyclic) bond motifs is 2. The van der Waals surface area contributed by atoms with E-state index in [4.69, 9.17) is 0 Å². The molecule has 1 saturated heterocycles. The largest absolute Gasteiger partial charge is 0.335 e. The second kappa shape index (κ2) is 6.45. The van der Waals surface area contributed by atoms with E-state index < -0.39 is 0 Å². The molecule has 2 aliphatic heterocycles. The number of likely N-dealkylation sites (tertiary alicyclic amines) is 1. The first-order valence-corrected chi connectivity index (χ1v) is 9.05. The molecule has 2 aromatic rings. The van der Waals surface area contributed by atoms with E-state index in [9.17, 15) is 4.79 Å². The third-order valence-electron chi connectivity index (χ3n) is 4.54. The summed E-state index contributed by atoms with van der Waals surface area (Å²) in [4.78, 5) is 23.6. The molecule has 3 heterocycles. The Bertz CT molecular complexity index is 713. The number of carbonyl (C=O) groups excluding carboxylic acids is 1. The molecule has 0 unspecified atom stereocenters. The summed E-state index contributed by atoms with van der Waals surface area (Å²) in [7, 11) is 2.12. The molecule has 0 spiro atoms. The Hall–Kier alpha value is -2.05. The van der Waals surface area contributed by atoms with E-state index in [0.717, 1.165) is 41.4 Å². The van der Waals surface area contributed by atoms with Crippen LogP contribution in [-0.2, 0) is 0 Å². The van der Waals surface area contributed by atoms with Gasteiger partial charge in [-0.3, -0.25) is 0 Å². The average molecular weight is 340 g/mol. The van der Waals surface area contributed by atoms with Crippen LogP contribution < -0.4 is 10.2 Å². The number of benzene rings is 1. The van der Waals surface area contributed by atoms with E-state index in [2.05, 4.69) is 22.2 Å². The van der Waals surface area contributed by atoms with Gasteiger partial charge in [0.2, 0.25) is 0 Å². The highest BCUT2D eigenvalue weighted by molar-refractivity contribution is 7.99. The van der Waals surface area contributed by atoms with Crippen molar-refractivity contribution in [2.75, 3.05) is 25.0 Å². The van der Waals surface area contributed by atoms with Crippen molar-refractivity contribution in [3.63, 3.8) is 0 Å². The molecule has 2 amide bonds. The van der Waals surface area contributed by atoms with E-state index in [-0.39, 0.29) is 12.1 Å². The van der Waals surface area contributed by atoms with Gasteiger partial charge in [-0.2, -0.15) is 0 Å². The van der Waals surface area contributed by atoms with Crippen LogP contribution in [0.3, 0.4) is 0 Å². The summed E-state index contributed by atoms with van der Waals surface area (Å²) in [6.45, 7) is 2.04. The Kier molecular flexibility index (Phi) is 4.16. The number of hydrogen-bond acceptors (Lipinski definition) is 4. The van der Waals surface area contributed by atoms with Crippen molar-refractivity contribution in [3.05, 3.63) is 42.6 Å². The van der Waals surface area contributed by atoms with Crippen LogP contribution >= 0.6 is 11.8 Å². The molecule has 1 N–H and O–H groups in total. The fourth-order valence-electron chi connectivity index (χ4n) is 3.19. The van der Waals surface area contributed by atoms with Crippen LogP contribution in [0, 0.1) is 0 Å². The Balaban J connectivity index is 1.63. The first-order valence-electron chi connectivity index (χ1n) is 8.23. The van der Waals surface area contributed by atoms with Crippen LogP contribution in [0.4, 0.5) is 16.3 Å². The van der Waals surface area contributed by atoms with Gasteiger partial charge in [-0.25, -0.2) is 14.7 Å². The van der Waals surface area contributed by atoms with Gasteiger partial charge in [-0.15, -0.1) is 0 Å². The lowest BCUT2D eigenvalue weighted by Crippen LogP contribution is -2.48. The van der Waals surface area contributed by atoms with E-state index >= 15 is 0 Å². The molecule has 0 atom stereocenters. The van der Waals surface area contributed by atoms with Crippen molar-refractivity contribution in [1.82, 2.24) is 15.2 Å². The topological polar surface area (TPSA) is 48.5 Å². The van der Waals surface area contributed by atoms with Gasteiger partial charge >= 0.3 is 6.03 Å². The predicted molar refractivity (Wildman–Crippen MR) is 96.0 cm³/mol. The lowest BCUT2D eigenvalue weighted by Gasteiger charge is -2.33. The van der Waals surface area contributed by atoms with Gasteiger partial charge in [0, 0.05) is 17.1 Å². The van der Waals surface area contributed by atoms with Crippen molar-refractivity contribution in [1.29, 1.82) is 0 Å². The number of aromatic nitrogens is 1. The molecule has 124 valence electrons. The minimum atomic E-state index is -0.0859. The third kappa shape index (κ3) is 2.87. The Morgan fingerprint density at radius 1 is 1.17 bits per heavy atom. The number of nitrogens with one attached hydrogen (secondary N) is 1. The molecule has 6 heteroatoms. The maximum atomic E-state index is 13.0. The van der Waals surface area contributed by atoms with Crippen LogP contribution in [0.1, 0.15) is 12.8 Å². The number of carbonyl (C=O) groups is 1. The molecule has 0 aliphatic carbocycles. The van der Waals surface area contributed by atoms with Crippen LogP contribution in [0.5, 0.6) is 0 Å². The number of para-hydroxylation sites is 1. The lowest BCUT2D eigenvalue weighted by molar-refractivity contribution is 0.219. The summed E-state index contributed by atoms with van der Waals surface area (Å²) in [5.74, 6) is 0.714. The van der Waals surface area contributed by atoms with Crippen molar-refractivity contribution in [3.8, 4) is 0 Å². The SMILES string of the molecule is CN1CCC(NC(=O)N2c3ccccc3Sc3cccnc32)CC1. The van der Waals surface area contributed by atoms with Crippen molar-refractivity contribution in [2.24, 2.45) is 0 Å². The Morgan fingerprint density at radius 3 is 2.75 bits per heavy atom. The first kappa shape index (κ1) is 15.5. The van der Waals surface area contributed by atoms with Crippen molar-refractivity contribution in [2.45, 2.75) is 28.7 Å². The summed E-state index contributed by atoms with van der Waals surface area (Å²) in [5.41, 5.74) is 0.902. The second-order valence-electron chi connectivity index (χ2n) is 6.26. The molecule has 5 nitrogen and oxygen atoms in total. The van der Waals surface area contributed by atoms with Gasteiger partial charge in [0.1, 0.15) is 0 Å². The third-order valence-corrected chi connectivity index (χ3v) is 5.64. The molecular formula is C18H20N4OS. The normalized spacial score (nSPS) is 18.0. The number of pyridine rings is 1. The molecule has 1 aromatic heterocycles. The smallest absolute Gasteiger partial charge is 0.327 e. The maximum absolute atomic E-state index is 13.0. The van der Waals surface area contributed by atoms with Crippen molar-refractivity contribution >= 4 is 29.3 Å². The number of urea groups is 1. The average Bonchev–Trinajstić information content (AvgIpc) is 2.61. The predicted octanol–water partition coefficient (Wildman–Crippen LogP) is 3.49. The number of nitrogens with zero attached hydrogens (tertiary/aromatic N) is 3. The number of rotatable bonds is 1. The molecule has 24 heavy (non-hydrogen) atoms. The van der Waals surface area contributed by atoms with Gasteiger partial charge in [0.25, 0.3) is 0 Å². The summed E-state index contributed by atoms with van der Waals surface area (Å²) in [6, 6.07) is 12.1. The van der Waals surface area contributed by atoms with Crippen LogP contribution in [0.25, 0.3) is 0 Å². The maximum Gasteiger partial charge on any atom is 0.327 e. The number of amides is 2. The minimum Gasteiger partial charge on any atom is -0.335 e. The van der Waals surface area contributed by atoms with Gasteiger partial charge in [-0.1, -0.05) is 23.9 Å². The summed E-state index contributed by atoms with van der Waals surface area (Å²) >= 11 is 1.66. The Labute approximate surface area is 146 Å². The van der Waals surface area contributed by atoms with E-state index in [0.29, 0.717) is 5.82 Å². The van der Waals surface area contributed by atoms with Crippen LogP contribution in [-0.4, -0.2) is 42.1 Å². The first-order chi connectivity index (χ1) is 11.7. The van der Waals surface area contributed by atoms with Crippen LogP contribution in [0.15, 0.2) is 52.4 Å². The zero-order valence-corrected chi connectivity index (χ0v) is 14.4. The monoisotopic (exact) mass is 340 g/mol. The molecule has 0 bridgehead atoms. The number of hydrogen-bond donors (Lipinski definition) is 1. The molecule has 1 aromatic carbocycles. The number of piperidine rings is 1. The molecule has 2 aliphatic rings. The van der Waals surface area contributed by atoms with Gasteiger partial charge in [0.15, 0.2) is 5.82 Å². The van der Waals surface area contributed by atoms with Crippen LogP contribution in [0.2, 0.25) is 0 Å². The molecule has 0 saturated carbocycles. The van der Waals surface area contributed by atoms with Crippen molar-refractivity contribution < 1.29 is 4.79 Å². The zero-order valence-electron chi connectivity index (χ0n) is 13.6. The number of anilines is 2. The Morgan fingerprint density at radius 2 is 1.92 bits per heavy atom. The molecule has 1 fully saturated rings. The highest BCUT2D eigenvalue weighted by Crippen LogP contribution is 2.46. The summed E-state index contributed by atoms with van der Waals surface area (Å²) < 4.78 is 0. The second-order valence-corrected chi connectivity index (χ2v) is 7.34. The lowest BCUT2D eigenvalue weighted by atomic mass is 10.1. The van der Waals surface area contributed by atoms with E-state index in [1.807, 2.05) is 36.4 Å². The summed E-state index contributed by atoms with van der Waals surface area (Å²) in [5, 5.41) is 3.20. The van der Waals surface area contributed by atoms with Gasteiger partial charge in [0.05, 0.1) is 10.6 Å². The van der Waals surface area contributed by atoms with Gasteiger partial charge < -0.3 is 10.2 Å². The minimum absolute atomic E-state index is 0.0859. The highest BCUT2D eigenvalue weighted by Gasteiger charge is 2.30. The zero-order chi connectivity index (χ0) is 16.5. The van der Waals surface area contributed by atoms with E-state index in [1.165, 1.54) is 0 Å². The van der Waals surface area contributed by atoms with Gasteiger partial charge in [-0.05, 0) is 57.2 Å². The molecule has 0 radical (unpaired) electrons. The quantitative estimate of drug-likeness (QED) is 0.863. The summed E-state index contributed by atoms with van der Waals surface area (Å²) in [6.07, 6.45) is 3.71.